The molecular formula is C13H16N4O. The van der Waals surface area contributed by atoms with Gasteiger partial charge in [0.05, 0.1) is 5.56 Å². The van der Waals surface area contributed by atoms with Gasteiger partial charge in [0.1, 0.15) is 5.82 Å². The van der Waals surface area contributed by atoms with Crippen molar-refractivity contribution in [3.05, 3.63) is 29.7 Å². The number of aldehydes is 1. The third-order valence-electron chi connectivity index (χ3n) is 3.50. The van der Waals surface area contributed by atoms with Crippen molar-refractivity contribution < 1.29 is 4.79 Å². The van der Waals surface area contributed by atoms with Crippen LogP contribution >= 0.6 is 0 Å². The van der Waals surface area contributed by atoms with Crippen molar-refractivity contribution in [3.8, 4) is 0 Å². The molecule has 0 spiro atoms. The van der Waals surface area contributed by atoms with E-state index in [1.165, 1.54) is 19.3 Å². The molecule has 2 aromatic heterocycles. The topological polar surface area (TPSA) is 59.3 Å². The zero-order valence-electron chi connectivity index (χ0n) is 10.2. The first-order chi connectivity index (χ1) is 8.88. The van der Waals surface area contributed by atoms with Gasteiger partial charge in [0.15, 0.2) is 11.9 Å². The molecule has 94 valence electrons. The normalized spacial score (nSPS) is 20.1. The van der Waals surface area contributed by atoms with Gasteiger partial charge in [-0.1, -0.05) is 6.42 Å². The van der Waals surface area contributed by atoms with Crippen LogP contribution in [0.1, 0.15) is 35.4 Å². The number of hydrogen-bond donors (Lipinski definition) is 1. The maximum Gasteiger partial charge on any atom is 0.171 e. The quantitative estimate of drug-likeness (QED) is 0.825. The van der Waals surface area contributed by atoms with Gasteiger partial charge in [0.25, 0.3) is 0 Å². The Morgan fingerprint density at radius 2 is 2.39 bits per heavy atom. The molecule has 1 atom stereocenters. The van der Waals surface area contributed by atoms with Crippen LogP contribution in [0.25, 0.3) is 5.65 Å². The third-order valence-corrected chi connectivity index (χ3v) is 3.50. The highest BCUT2D eigenvalue weighted by Crippen LogP contribution is 2.14. The zero-order chi connectivity index (χ0) is 12.4. The second-order valence-electron chi connectivity index (χ2n) is 4.74. The Hall–Kier alpha value is -1.75. The summed E-state index contributed by atoms with van der Waals surface area (Å²) in [5.74, 6) is 0.924. The Balaban J connectivity index is 1.90. The molecule has 3 rings (SSSR count). The van der Waals surface area contributed by atoms with Crippen LogP contribution in [0.5, 0.6) is 0 Å². The molecule has 0 aromatic carbocycles. The average molecular weight is 244 g/mol. The van der Waals surface area contributed by atoms with Gasteiger partial charge in [0.2, 0.25) is 0 Å². The van der Waals surface area contributed by atoms with Crippen LogP contribution in [0, 0.1) is 0 Å². The summed E-state index contributed by atoms with van der Waals surface area (Å²) in [6.07, 6.45) is 7.32. The lowest BCUT2D eigenvalue weighted by atomic mass is 10.0. The van der Waals surface area contributed by atoms with Crippen LogP contribution in [0.15, 0.2) is 18.3 Å². The van der Waals surface area contributed by atoms with Gasteiger partial charge < -0.3 is 5.32 Å². The molecular weight excluding hydrogens is 228 g/mol. The second kappa shape index (κ2) is 4.86. The summed E-state index contributed by atoms with van der Waals surface area (Å²) < 4.78 is 1.92. The van der Waals surface area contributed by atoms with E-state index in [1.807, 2.05) is 16.7 Å². The number of rotatable bonds is 3. The summed E-state index contributed by atoms with van der Waals surface area (Å²) >= 11 is 0. The summed E-state index contributed by atoms with van der Waals surface area (Å²) in [6.45, 7) is 1.08. The van der Waals surface area contributed by atoms with E-state index in [2.05, 4.69) is 15.5 Å². The molecule has 1 fully saturated rings. The third kappa shape index (κ3) is 2.01. The molecule has 5 heteroatoms. The molecule has 2 aromatic rings. The Morgan fingerprint density at radius 1 is 1.44 bits per heavy atom. The molecule has 1 aliphatic heterocycles. The predicted molar refractivity (Wildman–Crippen MR) is 67.7 cm³/mol. The van der Waals surface area contributed by atoms with Crippen LogP contribution in [-0.4, -0.2) is 33.5 Å². The molecule has 1 saturated heterocycles. The smallest absolute Gasteiger partial charge is 0.171 e. The monoisotopic (exact) mass is 244 g/mol. The highest BCUT2D eigenvalue weighted by molar-refractivity contribution is 5.83. The fourth-order valence-electron chi connectivity index (χ4n) is 2.53. The SMILES string of the molecule is O=Cc1cccn2c(CC3CCCCN3)nnc12. The van der Waals surface area contributed by atoms with Gasteiger partial charge in [-0.15, -0.1) is 10.2 Å². The molecule has 0 amide bonds. The zero-order valence-corrected chi connectivity index (χ0v) is 10.2. The number of hydrogen-bond acceptors (Lipinski definition) is 4. The molecule has 0 bridgehead atoms. The van der Waals surface area contributed by atoms with E-state index in [0.717, 1.165) is 25.1 Å². The molecule has 1 unspecified atom stereocenters. The number of carbonyl (C=O) groups excluding carboxylic acids is 1. The molecule has 3 heterocycles. The van der Waals surface area contributed by atoms with Crippen LogP contribution in [0.2, 0.25) is 0 Å². The lowest BCUT2D eigenvalue weighted by molar-refractivity contribution is 0.112. The number of fused-ring (bicyclic) bond motifs is 1. The Bertz CT molecular complexity index is 557. The molecule has 18 heavy (non-hydrogen) atoms. The minimum atomic E-state index is 0.478. The Morgan fingerprint density at radius 3 is 3.17 bits per heavy atom. The number of carbonyl (C=O) groups is 1. The molecule has 0 aliphatic carbocycles. The second-order valence-corrected chi connectivity index (χ2v) is 4.74. The summed E-state index contributed by atoms with van der Waals surface area (Å²) in [7, 11) is 0. The number of pyridine rings is 1. The predicted octanol–water partition coefficient (Wildman–Crippen LogP) is 1.23. The summed E-state index contributed by atoms with van der Waals surface area (Å²) in [5.41, 5.74) is 1.24. The number of nitrogens with zero attached hydrogens (tertiary/aromatic N) is 3. The molecule has 1 aliphatic rings. The van der Waals surface area contributed by atoms with Crippen LogP contribution in [0.3, 0.4) is 0 Å². The Labute approximate surface area is 105 Å². The van der Waals surface area contributed by atoms with Crippen molar-refractivity contribution in [2.45, 2.75) is 31.7 Å². The van der Waals surface area contributed by atoms with E-state index in [1.54, 1.807) is 6.07 Å². The fourth-order valence-corrected chi connectivity index (χ4v) is 2.53. The van der Waals surface area contributed by atoms with Crippen molar-refractivity contribution in [2.24, 2.45) is 0 Å². The molecule has 1 N–H and O–H groups in total. The van der Waals surface area contributed by atoms with E-state index in [9.17, 15) is 4.79 Å². The van der Waals surface area contributed by atoms with Gasteiger partial charge in [-0.2, -0.15) is 0 Å². The van der Waals surface area contributed by atoms with Crippen molar-refractivity contribution in [3.63, 3.8) is 0 Å². The van der Waals surface area contributed by atoms with Crippen LogP contribution in [0.4, 0.5) is 0 Å². The van der Waals surface area contributed by atoms with Crippen LogP contribution < -0.4 is 5.32 Å². The van der Waals surface area contributed by atoms with E-state index >= 15 is 0 Å². The van der Waals surface area contributed by atoms with E-state index in [-0.39, 0.29) is 0 Å². The van der Waals surface area contributed by atoms with E-state index < -0.39 is 0 Å². The van der Waals surface area contributed by atoms with Gasteiger partial charge in [-0.05, 0) is 31.5 Å². The summed E-state index contributed by atoms with van der Waals surface area (Å²) in [6, 6.07) is 4.10. The molecule has 0 saturated carbocycles. The fraction of sp³-hybridized carbons (Fsp3) is 0.462. The minimum Gasteiger partial charge on any atom is -0.314 e. The van der Waals surface area contributed by atoms with Crippen molar-refractivity contribution in [2.75, 3.05) is 6.54 Å². The van der Waals surface area contributed by atoms with Gasteiger partial charge >= 0.3 is 0 Å². The highest BCUT2D eigenvalue weighted by atomic mass is 16.1. The lowest BCUT2D eigenvalue weighted by Crippen LogP contribution is -2.36. The summed E-state index contributed by atoms with van der Waals surface area (Å²) in [5, 5.41) is 11.8. The number of aromatic nitrogens is 3. The Kier molecular flexibility index (Phi) is 3.06. The first-order valence-corrected chi connectivity index (χ1v) is 6.39. The van der Waals surface area contributed by atoms with Crippen molar-refractivity contribution in [1.82, 2.24) is 19.9 Å². The van der Waals surface area contributed by atoms with Gasteiger partial charge in [0, 0.05) is 18.7 Å². The van der Waals surface area contributed by atoms with Gasteiger partial charge in [-0.25, -0.2) is 0 Å². The lowest BCUT2D eigenvalue weighted by Gasteiger charge is -2.22. The van der Waals surface area contributed by atoms with E-state index in [0.29, 0.717) is 17.3 Å². The minimum absolute atomic E-state index is 0.478. The first kappa shape index (κ1) is 11.3. The van der Waals surface area contributed by atoms with Crippen molar-refractivity contribution in [1.29, 1.82) is 0 Å². The summed E-state index contributed by atoms with van der Waals surface area (Å²) in [4.78, 5) is 10.9. The molecule has 5 nitrogen and oxygen atoms in total. The highest BCUT2D eigenvalue weighted by Gasteiger charge is 2.17. The van der Waals surface area contributed by atoms with Gasteiger partial charge in [-0.3, -0.25) is 9.20 Å². The van der Waals surface area contributed by atoms with E-state index in [4.69, 9.17) is 0 Å². The standard InChI is InChI=1S/C13H16N4O/c18-9-10-4-3-7-17-12(15-16-13(10)17)8-11-5-1-2-6-14-11/h3-4,7,9,11,14H,1-2,5-6,8H2. The largest absolute Gasteiger partial charge is 0.314 e. The molecule has 0 radical (unpaired) electrons. The van der Waals surface area contributed by atoms with Crippen LogP contribution in [-0.2, 0) is 6.42 Å². The number of nitrogens with one attached hydrogen (secondary N) is 1. The maximum absolute atomic E-state index is 10.9. The number of piperidine rings is 1. The first-order valence-electron chi connectivity index (χ1n) is 6.39. The maximum atomic E-state index is 10.9. The average Bonchev–Trinajstić information content (AvgIpc) is 2.83. The van der Waals surface area contributed by atoms with Crippen molar-refractivity contribution >= 4 is 11.9 Å².